The van der Waals surface area contributed by atoms with Crippen LogP contribution in [0.2, 0.25) is 0 Å². The van der Waals surface area contributed by atoms with Gasteiger partial charge in [0.1, 0.15) is 12.5 Å². The number of hydrogen-bond donors (Lipinski definition) is 2. The summed E-state index contributed by atoms with van der Waals surface area (Å²) in [5.41, 5.74) is 0.466. The summed E-state index contributed by atoms with van der Waals surface area (Å²) in [6, 6.07) is 0. The van der Waals surface area contributed by atoms with Crippen LogP contribution in [-0.4, -0.2) is 23.6 Å². The Morgan fingerprint density at radius 1 is 0.727 bits per heavy atom. The zero-order chi connectivity index (χ0) is 16.3. The summed E-state index contributed by atoms with van der Waals surface area (Å²) in [6.07, 6.45) is 2.73. The summed E-state index contributed by atoms with van der Waals surface area (Å²) >= 11 is 0. The highest BCUT2D eigenvalue weighted by Crippen LogP contribution is 2.19. The Morgan fingerprint density at radius 3 is 1.41 bits per heavy atom. The highest BCUT2D eigenvalue weighted by atomic mass is 16.5. The Morgan fingerprint density at radius 2 is 1.09 bits per heavy atom. The summed E-state index contributed by atoms with van der Waals surface area (Å²) in [6.45, 7) is 3.42. The molecule has 0 aromatic carbocycles. The van der Waals surface area contributed by atoms with E-state index in [1.807, 2.05) is 0 Å². The van der Waals surface area contributed by atoms with Crippen molar-refractivity contribution in [1.82, 2.24) is 10.6 Å². The van der Waals surface area contributed by atoms with Gasteiger partial charge in [-0.2, -0.15) is 0 Å². The summed E-state index contributed by atoms with van der Waals surface area (Å²) < 4.78 is 10.2. The van der Waals surface area contributed by atoms with Gasteiger partial charge in [-0.1, -0.05) is 13.8 Å². The lowest BCUT2D eigenvalue weighted by Crippen LogP contribution is -2.23. The third-order valence-corrected chi connectivity index (χ3v) is 3.10. The van der Waals surface area contributed by atoms with Crippen molar-refractivity contribution in [2.24, 2.45) is 0 Å². The standard InChI is InChI=1S/C14H14N2O6/c1-3-7-9(13(19)15-11(7)17)21-5-6-22-10-8(4-2)12(18)16-14(10)20/h5-6H,3-4H2,1-2H3,(H,15,17,19)(H,16,18,20). The highest BCUT2D eigenvalue weighted by Gasteiger charge is 2.31. The first-order valence-corrected chi connectivity index (χ1v) is 6.65. The highest BCUT2D eigenvalue weighted by molar-refractivity contribution is 6.19. The molecule has 2 N–H and O–H groups in total. The van der Waals surface area contributed by atoms with E-state index >= 15 is 0 Å². The van der Waals surface area contributed by atoms with Gasteiger partial charge in [-0.25, -0.2) is 0 Å². The van der Waals surface area contributed by atoms with Gasteiger partial charge in [-0.15, -0.1) is 0 Å². The molecule has 0 unspecified atom stereocenters. The largest absolute Gasteiger partial charge is 0.455 e. The van der Waals surface area contributed by atoms with Crippen LogP contribution in [0, 0.1) is 0 Å². The van der Waals surface area contributed by atoms with Crippen molar-refractivity contribution < 1.29 is 28.7 Å². The molecule has 8 heteroatoms. The summed E-state index contributed by atoms with van der Waals surface area (Å²) in [5, 5.41) is 4.22. The van der Waals surface area contributed by atoms with Crippen molar-refractivity contribution in [3.05, 3.63) is 35.2 Å². The Balaban J connectivity index is 2.05. The quantitative estimate of drug-likeness (QED) is 0.533. The number of amides is 4. The number of hydrogen-bond acceptors (Lipinski definition) is 6. The predicted octanol–water partition coefficient (Wildman–Crippen LogP) is 0.132. The SMILES string of the molecule is CCC1=C(OC=COC2=C(CC)C(=O)NC2=O)C(=O)NC1=O. The molecule has 0 fully saturated rings. The first-order valence-electron chi connectivity index (χ1n) is 6.65. The van der Waals surface area contributed by atoms with E-state index in [-0.39, 0.29) is 22.7 Å². The third kappa shape index (κ3) is 2.76. The van der Waals surface area contributed by atoms with Crippen LogP contribution >= 0.6 is 0 Å². The normalized spacial score (nSPS) is 18.5. The number of rotatable bonds is 6. The molecule has 0 radical (unpaired) electrons. The molecule has 0 aliphatic carbocycles. The van der Waals surface area contributed by atoms with Gasteiger partial charge < -0.3 is 9.47 Å². The lowest BCUT2D eigenvalue weighted by atomic mass is 10.2. The van der Waals surface area contributed by atoms with Gasteiger partial charge in [0.25, 0.3) is 23.6 Å². The van der Waals surface area contributed by atoms with Crippen molar-refractivity contribution in [2.75, 3.05) is 0 Å². The fraction of sp³-hybridized carbons (Fsp3) is 0.286. The van der Waals surface area contributed by atoms with E-state index in [1.54, 1.807) is 13.8 Å². The van der Waals surface area contributed by atoms with Crippen LogP contribution in [0.5, 0.6) is 0 Å². The van der Waals surface area contributed by atoms with E-state index in [9.17, 15) is 19.2 Å². The second kappa shape index (κ2) is 6.25. The van der Waals surface area contributed by atoms with Crippen molar-refractivity contribution in [1.29, 1.82) is 0 Å². The van der Waals surface area contributed by atoms with E-state index < -0.39 is 23.6 Å². The maximum atomic E-state index is 11.5. The Hall–Kier alpha value is -2.90. The number of imide groups is 2. The molecule has 0 aromatic heterocycles. The maximum absolute atomic E-state index is 11.5. The van der Waals surface area contributed by atoms with Crippen LogP contribution in [0.4, 0.5) is 0 Å². The van der Waals surface area contributed by atoms with Gasteiger partial charge in [0.15, 0.2) is 11.5 Å². The fourth-order valence-corrected chi connectivity index (χ4v) is 2.03. The topological polar surface area (TPSA) is 111 Å². The van der Waals surface area contributed by atoms with E-state index in [1.165, 1.54) is 0 Å². The van der Waals surface area contributed by atoms with Crippen LogP contribution in [0.15, 0.2) is 35.2 Å². The van der Waals surface area contributed by atoms with Crippen molar-refractivity contribution in [3.8, 4) is 0 Å². The molecular weight excluding hydrogens is 292 g/mol. The Bertz CT molecular complexity index is 600. The molecular formula is C14H14N2O6. The molecule has 0 saturated heterocycles. The van der Waals surface area contributed by atoms with Crippen LogP contribution < -0.4 is 10.6 Å². The second-order valence-electron chi connectivity index (χ2n) is 4.40. The van der Waals surface area contributed by atoms with Crippen LogP contribution in [-0.2, 0) is 28.7 Å². The molecule has 0 saturated carbocycles. The number of ether oxygens (including phenoxy) is 2. The third-order valence-electron chi connectivity index (χ3n) is 3.10. The van der Waals surface area contributed by atoms with E-state index in [0.29, 0.717) is 12.8 Å². The first kappa shape index (κ1) is 15.5. The molecule has 22 heavy (non-hydrogen) atoms. The fourth-order valence-electron chi connectivity index (χ4n) is 2.03. The molecule has 0 atom stereocenters. The molecule has 8 nitrogen and oxygen atoms in total. The summed E-state index contributed by atoms with van der Waals surface area (Å²) in [7, 11) is 0. The van der Waals surface area contributed by atoms with Crippen LogP contribution in [0.25, 0.3) is 0 Å². The molecule has 2 rings (SSSR count). The Kier molecular flexibility index (Phi) is 4.40. The summed E-state index contributed by atoms with van der Waals surface area (Å²) in [5.74, 6) is -2.46. The van der Waals surface area contributed by atoms with E-state index in [2.05, 4.69) is 10.6 Å². The maximum Gasteiger partial charge on any atom is 0.294 e. The lowest BCUT2D eigenvalue weighted by molar-refractivity contribution is -0.126. The van der Waals surface area contributed by atoms with Crippen LogP contribution in [0.1, 0.15) is 26.7 Å². The molecule has 2 heterocycles. The number of carbonyl (C=O) groups is 4. The minimum Gasteiger partial charge on any atom is -0.455 e. The number of nitrogens with one attached hydrogen (secondary N) is 2. The van der Waals surface area contributed by atoms with Gasteiger partial charge >= 0.3 is 0 Å². The minimum absolute atomic E-state index is 0.107. The zero-order valence-corrected chi connectivity index (χ0v) is 12.0. The van der Waals surface area contributed by atoms with E-state index in [0.717, 1.165) is 12.5 Å². The summed E-state index contributed by atoms with van der Waals surface area (Å²) in [4.78, 5) is 45.8. The van der Waals surface area contributed by atoms with E-state index in [4.69, 9.17) is 9.47 Å². The lowest BCUT2D eigenvalue weighted by Gasteiger charge is -2.02. The monoisotopic (exact) mass is 306 g/mol. The first-order chi connectivity index (χ1) is 10.5. The zero-order valence-electron chi connectivity index (χ0n) is 12.0. The average molecular weight is 306 g/mol. The Labute approximate surface area is 125 Å². The van der Waals surface area contributed by atoms with Crippen LogP contribution in [0.3, 0.4) is 0 Å². The second-order valence-corrected chi connectivity index (χ2v) is 4.40. The van der Waals surface area contributed by atoms with Crippen molar-refractivity contribution >= 4 is 23.6 Å². The van der Waals surface area contributed by atoms with Gasteiger partial charge in [0.05, 0.1) is 11.1 Å². The molecule has 2 aliphatic heterocycles. The smallest absolute Gasteiger partial charge is 0.294 e. The van der Waals surface area contributed by atoms with Gasteiger partial charge in [-0.3, -0.25) is 29.8 Å². The minimum atomic E-state index is -0.631. The molecule has 116 valence electrons. The van der Waals surface area contributed by atoms with Crippen molar-refractivity contribution in [3.63, 3.8) is 0 Å². The molecule has 0 bridgehead atoms. The predicted molar refractivity (Wildman–Crippen MR) is 72.2 cm³/mol. The molecule has 4 amide bonds. The molecule has 0 spiro atoms. The van der Waals surface area contributed by atoms with Crippen molar-refractivity contribution in [2.45, 2.75) is 26.7 Å². The van der Waals surface area contributed by atoms with Gasteiger partial charge in [0.2, 0.25) is 0 Å². The molecule has 2 aliphatic rings. The number of carbonyl (C=O) groups excluding carboxylic acids is 4. The van der Waals surface area contributed by atoms with Gasteiger partial charge in [-0.05, 0) is 12.8 Å². The van der Waals surface area contributed by atoms with Gasteiger partial charge in [0, 0.05) is 0 Å². The average Bonchev–Trinajstić information content (AvgIpc) is 2.90. The molecule has 0 aromatic rings.